The molecule has 1 aliphatic rings. The lowest BCUT2D eigenvalue weighted by molar-refractivity contribution is 0.101. The summed E-state index contributed by atoms with van der Waals surface area (Å²) >= 11 is 0. The molecule has 0 unspecified atom stereocenters. The van der Waals surface area contributed by atoms with Gasteiger partial charge in [-0.3, -0.25) is 14.4 Å². The predicted octanol–water partition coefficient (Wildman–Crippen LogP) is 15.8. The topological polar surface area (TPSA) is 197 Å². The number of hydrogen-bond donors (Lipinski definition) is 6. The van der Waals surface area contributed by atoms with Crippen molar-refractivity contribution in [1.29, 1.82) is 0 Å². The van der Waals surface area contributed by atoms with E-state index in [1.165, 1.54) is 0 Å². The van der Waals surface area contributed by atoms with E-state index in [2.05, 4.69) is 41.1 Å². The third-order valence-corrected chi connectivity index (χ3v) is 14.0. The molecule has 10 aromatic carbocycles. The number of aromatic amines is 2. The molecule has 13 heteroatoms. The van der Waals surface area contributed by atoms with Crippen LogP contribution >= 0.6 is 0 Å². The van der Waals surface area contributed by atoms with Crippen LogP contribution in [0.25, 0.3) is 76.3 Å². The van der Waals surface area contributed by atoms with Crippen LogP contribution in [-0.2, 0) is 0 Å². The van der Waals surface area contributed by atoms with Crippen molar-refractivity contribution in [2.75, 3.05) is 10.6 Å². The number of aromatic nitrogens is 2. The molecule has 0 fully saturated rings. The fraction of sp³-hybridized carbons (Fsp3) is 0.0328. The lowest BCUT2D eigenvalue weighted by Crippen LogP contribution is -2.13. The number of aryl methyl sites for hydroxylation is 2. The summed E-state index contributed by atoms with van der Waals surface area (Å²) in [6.45, 7) is 3.85. The Balaban J connectivity index is 0.860. The van der Waals surface area contributed by atoms with Crippen LogP contribution in [0.3, 0.4) is 0 Å². The van der Waals surface area contributed by atoms with E-state index in [0.29, 0.717) is 66.5 Å². The number of benzene rings is 10. The number of azo groups is 2. The summed E-state index contributed by atoms with van der Waals surface area (Å²) in [6.07, 6.45) is 0. The van der Waals surface area contributed by atoms with Gasteiger partial charge in [0.05, 0.1) is 33.5 Å². The Bertz CT molecular complexity index is 4490. The molecular weight excluding hydrogens is 925 g/mol. The quantitative estimate of drug-likeness (QED) is 0.0823. The zero-order valence-corrected chi connectivity index (χ0v) is 39.6. The highest BCUT2D eigenvalue weighted by Gasteiger charge is 2.29. The second kappa shape index (κ2) is 17.0. The number of nitrogens with one attached hydrogen (secondary N) is 4. The fourth-order valence-corrected chi connectivity index (χ4v) is 10.2. The molecule has 0 spiro atoms. The maximum absolute atomic E-state index is 14.3. The average Bonchev–Trinajstić information content (AvgIpc) is 4.08. The Kier molecular flexibility index (Phi) is 10.0. The molecule has 2 amide bonds. The van der Waals surface area contributed by atoms with E-state index in [1.807, 2.05) is 117 Å². The molecule has 0 atom stereocenters. The van der Waals surface area contributed by atoms with Crippen molar-refractivity contribution in [3.63, 3.8) is 0 Å². The smallest absolute Gasteiger partial charge is 0.259 e. The van der Waals surface area contributed by atoms with Crippen LogP contribution in [0.5, 0.6) is 11.5 Å². The molecule has 0 radical (unpaired) electrons. The minimum absolute atomic E-state index is 0.0147. The first-order valence-electron chi connectivity index (χ1n) is 23.9. The van der Waals surface area contributed by atoms with Crippen molar-refractivity contribution >= 4 is 117 Å². The maximum Gasteiger partial charge on any atom is 0.259 e. The normalized spacial score (nSPS) is 12.3. The van der Waals surface area contributed by atoms with E-state index >= 15 is 0 Å². The van der Waals surface area contributed by atoms with E-state index in [4.69, 9.17) is 0 Å². The molecule has 0 saturated heterocycles. The molecule has 354 valence electrons. The van der Waals surface area contributed by atoms with Gasteiger partial charge >= 0.3 is 0 Å². The summed E-state index contributed by atoms with van der Waals surface area (Å²) in [5, 5.41) is 54.5. The van der Waals surface area contributed by atoms with Crippen LogP contribution in [0.2, 0.25) is 0 Å². The van der Waals surface area contributed by atoms with Gasteiger partial charge in [0.1, 0.15) is 11.4 Å². The largest absolute Gasteiger partial charge is 0.505 e. The molecule has 2 heterocycles. The number of aromatic hydroxyl groups is 2. The monoisotopic (exact) mass is 964 g/mol. The molecule has 74 heavy (non-hydrogen) atoms. The summed E-state index contributed by atoms with van der Waals surface area (Å²) in [5.41, 5.74) is 9.34. The maximum atomic E-state index is 14.3. The fourth-order valence-electron chi connectivity index (χ4n) is 10.2. The van der Waals surface area contributed by atoms with Gasteiger partial charge in [-0.2, -0.15) is 10.2 Å². The van der Waals surface area contributed by atoms with Crippen molar-refractivity contribution < 1.29 is 24.6 Å². The number of phenols is 2. The van der Waals surface area contributed by atoms with Crippen LogP contribution in [0.1, 0.15) is 47.8 Å². The predicted molar refractivity (Wildman–Crippen MR) is 292 cm³/mol. The third kappa shape index (κ3) is 7.13. The van der Waals surface area contributed by atoms with Crippen LogP contribution < -0.4 is 10.6 Å². The SMILES string of the molecule is Cc1ccc(NC(=O)c2cc3ccc4c5ccccc5[nH]c4c3c(N=Nc3ccc4c(c3)C(=O)c3cc(N=Nc5c(O)c(C(=O)Nc6ccccc6C)cc6ccc7c8ccccc8[nH]c7c56)ccc3-4)c2O)cc1. The van der Waals surface area contributed by atoms with Gasteiger partial charge in [0.25, 0.3) is 11.8 Å². The Morgan fingerprint density at radius 1 is 0.473 bits per heavy atom. The van der Waals surface area contributed by atoms with Crippen molar-refractivity contribution in [3.05, 3.63) is 203 Å². The molecule has 12 aromatic rings. The van der Waals surface area contributed by atoms with Crippen LogP contribution in [-0.4, -0.2) is 37.8 Å². The highest BCUT2D eigenvalue weighted by Crippen LogP contribution is 2.47. The first-order valence-corrected chi connectivity index (χ1v) is 23.9. The highest BCUT2D eigenvalue weighted by atomic mass is 16.3. The number of para-hydroxylation sites is 3. The van der Waals surface area contributed by atoms with Gasteiger partial charge < -0.3 is 30.8 Å². The number of fused-ring (bicyclic) bond motifs is 13. The Morgan fingerprint density at radius 3 is 1.49 bits per heavy atom. The Morgan fingerprint density at radius 2 is 0.959 bits per heavy atom. The van der Waals surface area contributed by atoms with Gasteiger partial charge in [0, 0.05) is 65.9 Å². The van der Waals surface area contributed by atoms with Gasteiger partial charge in [-0.25, -0.2) is 0 Å². The average molecular weight is 965 g/mol. The summed E-state index contributed by atoms with van der Waals surface area (Å²) in [7, 11) is 0. The van der Waals surface area contributed by atoms with Crippen LogP contribution in [0.15, 0.2) is 190 Å². The van der Waals surface area contributed by atoms with E-state index in [9.17, 15) is 24.6 Å². The van der Waals surface area contributed by atoms with E-state index in [1.54, 1.807) is 66.7 Å². The van der Waals surface area contributed by atoms with Gasteiger partial charge in [-0.1, -0.05) is 109 Å². The van der Waals surface area contributed by atoms with E-state index in [-0.39, 0.29) is 39.8 Å². The van der Waals surface area contributed by atoms with Crippen LogP contribution in [0, 0.1) is 13.8 Å². The summed E-state index contributed by atoms with van der Waals surface area (Å²) in [5.74, 6) is -2.01. The number of rotatable bonds is 8. The van der Waals surface area contributed by atoms with E-state index < -0.39 is 11.8 Å². The van der Waals surface area contributed by atoms with Crippen molar-refractivity contribution in [3.8, 4) is 22.6 Å². The first-order chi connectivity index (χ1) is 36.1. The molecule has 2 aromatic heterocycles. The summed E-state index contributed by atoms with van der Waals surface area (Å²) in [4.78, 5) is 49.0. The molecule has 6 N–H and O–H groups in total. The summed E-state index contributed by atoms with van der Waals surface area (Å²) in [6, 6.07) is 52.0. The van der Waals surface area contributed by atoms with Crippen LogP contribution in [0.4, 0.5) is 34.1 Å². The van der Waals surface area contributed by atoms with E-state index in [0.717, 1.165) is 54.7 Å². The van der Waals surface area contributed by atoms with Crippen molar-refractivity contribution in [1.82, 2.24) is 9.97 Å². The molecule has 13 rings (SSSR count). The third-order valence-electron chi connectivity index (χ3n) is 14.0. The minimum atomic E-state index is -0.521. The number of H-pyrrole nitrogens is 2. The number of carbonyl (C=O) groups excluding carboxylic acids is 3. The van der Waals surface area contributed by atoms with Crippen molar-refractivity contribution in [2.45, 2.75) is 13.8 Å². The molecule has 0 aliphatic heterocycles. The number of amides is 2. The number of anilines is 2. The second-order valence-corrected chi connectivity index (χ2v) is 18.5. The highest BCUT2D eigenvalue weighted by molar-refractivity contribution is 6.25. The zero-order valence-electron chi connectivity index (χ0n) is 39.6. The molecule has 0 bridgehead atoms. The first kappa shape index (κ1) is 43.7. The zero-order chi connectivity index (χ0) is 50.4. The molecule has 0 saturated carbocycles. The second-order valence-electron chi connectivity index (χ2n) is 18.5. The Hall–Kier alpha value is -10.3. The lowest BCUT2D eigenvalue weighted by atomic mass is 10.00. The number of hydrogen-bond acceptors (Lipinski definition) is 9. The molecular formula is C61H40N8O5. The Labute approximate surface area is 420 Å². The number of phenolic OH excluding ortho intramolecular Hbond substituents is 2. The van der Waals surface area contributed by atoms with Gasteiger partial charge in [0.2, 0.25) is 0 Å². The minimum Gasteiger partial charge on any atom is -0.505 e. The summed E-state index contributed by atoms with van der Waals surface area (Å²) < 4.78 is 0. The van der Waals surface area contributed by atoms with Crippen molar-refractivity contribution in [2.24, 2.45) is 20.5 Å². The standard InChI is InChI=1S/C61H40N8O5/c1-31-15-19-35(20-16-31)62-60(73)46-27-33-17-23-42-40-10-4-7-13-49(40)63-53(42)51(33)55(58(46)71)68-66-36-21-25-38-39-26-22-37(30-45(39)57(70)44(38)29-36)67-69-56-52-34(18-24-43-41-11-5-8-14-50(41)64-54(43)52)28-47(59(56)72)61(74)65-48-12-6-3-9-32(48)2/h3-30,63-64,71-72H,1-2H3,(H,62,73)(H,65,74). The lowest BCUT2D eigenvalue weighted by Gasteiger charge is -2.13. The number of nitrogens with zero attached hydrogens (tertiary/aromatic N) is 4. The van der Waals surface area contributed by atoms with Gasteiger partial charge in [-0.15, -0.1) is 10.2 Å². The number of carbonyl (C=O) groups is 3. The number of ketones is 1. The molecule has 13 nitrogen and oxygen atoms in total. The van der Waals surface area contributed by atoms with Gasteiger partial charge in [0.15, 0.2) is 17.3 Å². The van der Waals surface area contributed by atoms with Gasteiger partial charge in [-0.05, 0) is 108 Å². The molecule has 1 aliphatic carbocycles.